The Morgan fingerprint density at radius 1 is 1.19 bits per heavy atom. The molecular formula is C16H13F2IN4O3. The third-order valence-electron chi connectivity index (χ3n) is 3.81. The van der Waals surface area contributed by atoms with Gasteiger partial charge < -0.3 is 20.6 Å². The second-order valence-corrected chi connectivity index (χ2v) is 6.90. The number of halogens is 3. The summed E-state index contributed by atoms with van der Waals surface area (Å²) in [7, 11) is 0. The third-order valence-corrected chi connectivity index (χ3v) is 4.49. The predicted molar refractivity (Wildman–Crippen MR) is 97.4 cm³/mol. The SMILES string of the molecule is O=C(NC1CN(C(=O)O)C1)c1c(F)cncc1Nc1ccc(I)cc1F. The predicted octanol–water partition coefficient (Wildman–Crippen LogP) is 2.80. The zero-order valence-corrected chi connectivity index (χ0v) is 15.3. The van der Waals surface area contributed by atoms with Crippen molar-refractivity contribution in [1.29, 1.82) is 0 Å². The Balaban J connectivity index is 1.79. The molecule has 1 aliphatic rings. The number of anilines is 2. The van der Waals surface area contributed by atoms with Gasteiger partial charge in [0.05, 0.1) is 29.8 Å². The second kappa shape index (κ2) is 7.40. The lowest BCUT2D eigenvalue weighted by atomic mass is 10.1. The standard InChI is InChI=1S/C16H13F2IN4O3/c17-10-3-8(19)1-2-12(10)22-13-5-20-4-11(18)14(13)15(24)21-9-6-23(7-9)16(25)26/h1-5,9,22H,6-7H2,(H,21,24)(H,25,26). The van der Waals surface area contributed by atoms with Crippen molar-refractivity contribution in [3.8, 4) is 0 Å². The van der Waals surface area contributed by atoms with E-state index in [0.717, 1.165) is 11.1 Å². The minimum atomic E-state index is -1.08. The average Bonchev–Trinajstić information content (AvgIpc) is 2.52. The number of carbonyl (C=O) groups excluding carboxylic acids is 1. The lowest BCUT2D eigenvalue weighted by Gasteiger charge is -2.37. The first kappa shape index (κ1) is 18.3. The molecule has 0 saturated carbocycles. The molecule has 2 heterocycles. The number of pyridine rings is 1. The van der Waals surface area contributed by atoms with E-state index in [1.807, 2.05) is 22.6 Å². The van der Waals surface area contributed by atoms with Crippen molar-refractivity contribution >= 4 is 46.0 Å². The van der Waals surface area contributed by atoms with Crippen molar-refractivity contribution in [2.45, 2.75) is 6.04 Å². The van der Waals surface area contributed by atoms with Crippen molar-refractivity contribution < 1.29 is 23.5 Å². The summed E-state index contributed by atoms with van der Waals surface area (Å²) in [5.74, 6) is -2.15. The Morgan fingerprint density at radius 2 is 1.92 bits per heavy atom. The summed E-state index contributed by atoms with van der Waals surface area (Å²) in [5, 5.41) is 14.0. The van der Waals surface area contributed by atoms with E-state index < -0.39 is 29.7 Å². The van der Waals surface area contributed by atoms with Crippen molar-refractivity contribution in [3.05, 3.63) is 51.4 Å². The van der Waals surface area contributed by atoms with E-state index in [2.05, 4.69) is 15.6 Å². The molecule has 3 rings (SSSR count). The molecule has 3 N–H and O–H groups in total. The highest BCUT2D eigenvalue weighted by atomic mass is 127. The van der Waals surface area contributed by atoms with Crippen LogP contribution in [0.1, 0.15) is 10.4 Å². The van der Waals surface area contributed by atoms with Gasteiger partial charge in [0, 0.05) is 16.7 Å². The molecule has 2 aromatic rings. The molecular weight excluding hydrogens is 461 g/mol. The fraction of sp³-hybridized carbons (Fsp3) is 0.188. The fourth-order valence-electron chi connectivity index (χ4n) is 2.48. The maximum Gasteiger partial charge on any atom is 0.407 e. The number of nitrogens with one attached hydrogen (secondary N) is 2. The Labute approximate surface area is 160 Å². The number of benzene rings is 1. The summed E-state index contributed by atoms with van der Waals surface area (Å²) in [5.41, 5.74) is -0.226. The molecule has 1 saturated heterocycles. The highest BCUT2D eigenvalue weighted by Crippen LogP contribution is 2.25. The van der Waals surface area contributed by atoms with Crippen LogP contribution in [-0.4, -0.2) is 46.1 Å². The summed E-state index contributed by atoms with van der Waals surface area (Å²) >= 11 is 1.96. The van der Waals surface area contributed by atoms with E-state index in [1.54, 1.807) is 6.07 Å². The Kier molecular flexibility index (Phi) is 5.20. The van der Waals surface area contributed by atoms with E-state index in [9.17, 15) is 18.4 Å². The van der Waals surface area contributed by atoms with E-state index in [0.29, 0.717) is 3.57 Å². The van der Waals surface area contributed by atoms with Crippen molar-refractivity contribution in [2.75, 3.05) is 18.4 Å². The largest absolute Gasteiger partial charge is 0.465 e. The quantitative estimate of drug-likeness (QED) is 0.593. The van der Waals surface area contributed by atoms with Crippen molar-refractivity contribution in [3.63, 3.8) is 0 Å². The van der Waals surface area contributed by atoms with Gasteiger partial charge >= 0.3 is 6.09 Å². The lowest BCUT2D eigenvalue weighted by Crippen LogP contribution is -2.60. The molecule has 1 fully saturated rings. The Hall–Kier alpha value is -2.50. The molecule has 2 amide bonds. The van der Waals surface area contributed by atoms with Gasteiger partial charge in [0.25, 0.3) is 5.91 Å². The number of amides is 2. The summed E-state index contributed by atoms with van der Waals surface area (Å²) in [6.45, 7) is 0.255. The number of hydrogen-bond donors (Lipinski definition) is 3. The van der Waals surface area contributed by atoms with Crippen LogP contribution in [0, 0.1) is 15.2 Å². The molecule has 0 spiro atoms. The zero-order valence-electron chi connectivity index (χ0n) is 13.2. The average molecular weight is 474 g/mol. The van der Waals surface area contributed by atoms with Crippen LogP contribution in [-0.2, 0) is 0 Å². The van der Waals surface area contributed by atoms with Crippen LogP contribution < -0.4 is 10.6 Å². The summed E-state index contributed by atoms with van der Waals surface area (Å²) in [4.78, 5) is 28.0. The van der Waals surface area contributed by atoms with Crippen LogP contribution in [0.15, 0.2) is 30.6 Å². The Morgan fingerprint density at radius 3 is 2.58 bits per heavy atom. The van der Waals surface area contributed by atoms with Crippen molar-refractivity contribution in [1.82, 2.24) is 15.2 Å². The van der Waals surface area contributed by atoms with Gasteiger partial charge in [-0.2, -0.15) is 0 Å². The molecule has 1 aromatic heterocycles. The maximum absolute atomic E-state index is 14.2. The van der Waals surface area contributed by atoms with Gasteiger partial charge in [-0.3, -0.25) is 9.78 Å². The highest BCUT2D eigenvalue weighted by molar-refractivity contribution is 14.1. The summed E-state index contributed by atoms with van der Waals surface area (Å²) < 4.78 is 28.9. The number of hydrogen-bond acceptors (Lipinski definition) is 4. The van der Waals surface area contributed by atoms with Gasteiger partial charge in [0.2, 0.25) is 0 Å². The van der Waals surface area contributed by atoms with Gasteiger partial charge in [0.15, 0.2) is 5.82 Å². The van der Waals surface area contributed by atoms with Gasteiger partial charge in [0.1, 0.15) is 11.4 Å². The first-order valence-electron chi connectivity index (χ1n) is 7.49. The van der Waals surface area contributed by atoms with Crippen LogP contribution in [0.25, 0.3) is 0 Å². The lowest BCUT2D eigenvalue weighted by molar-refractivity contribution is 0.0765. The highest BCUT2D eigenvalue weighted by Gasteiger charge is 2.32. The van der Waals surface area contributed by atoms with Gasteiger partial charge in [-0.05, 0) is 40.8 Å². The normalized spacial score (nSPS) is 13.9. The van der Waals surface area contributed by atoms with E-state index in [-0.39, 0.29) is 30.0 Å². The Bertz CT molecular complexity index is 875. The van der Waals surface area contributed by atoms with Gasteiger partial charge in [-0.25, -0.2) is 13.6 Å². The smallest absolute Gasteiger partial charge is 0.407 e. The number of likely N-dealkylation sites (tertiary alicyclic amines) is 1. The molecule has 26 heavy (non-hydrogen) atoms. The molecule has 0 aliphatic carbocycles. The number of carbonyl (C=O) groups is 2. The topological polar surface area (TPSA) is 94.6 Å². The van der Waals surface area contributed by atoms with Crippen LogP contribution >= 0.6 is 22.6 Å². The molecule has 136 valence electrons. The molecule has 0 radical (unpaired) electrons. The maximum atomic E-state index is 14.2. The van der Waals surface area contributed by atoms with E-state index in [4.69, 9.17) is 5.11 Å². The van der Waals surface area contributed by atoms with Crippen molar-refractivity contribution in [2.24, 2.45) is 0 Å². The number of aromatic nitrogens is 1. The van der Waals surface area contributed by atoms with E-state index >= 15 is 0 Å². The number of carboxylic acid groups (broad SMARTS) is 1. The van der Waals surface area contributed by atoms with E-state index in [1.165, 1.54) is 18.3 Å². The number of nitrogens with zero attached hydrogens (tertiary/aromatic N) is 2. The fourth-order valence-corrected chi connectivity index (χ4v) is 2.93. The molecule has 0 atom stereocenters. The molecule has 0 bridgehead atoms. The summed E-state index contributed by atoms with van der Waals surface area (Å²) in [6, 6.07) is 4.02. The van der Waals surface area contributed by atoms with Gasteiger partial charge in [-0.15, -0.1) is 0 Å². The monoisotopic (exact) mass is 474 g/mol. The van der Waals surface area contributed by atoms with Gasteiger partial charge in [-0.1, -0.05) is 0 Å². The van der Waals surface area contributed by atoms with Crippen LogP contribution in [0.3, 0.4) is 0 Å². The second-order valence-electron chi connectivity index (χ2n) is 5.65. The first-order valence-corrected chi connectivity index (χ1v) is 8.57. The molecule has 0 unspecified atom stereocenters. The minimum absolute atomic E-state index is 0.0111. The first-order chi connectivity index (χ1) is 12.3. The molecule has 1 aromatic carbocycles. The minimum Gasteiger partial charge on any atom is -0.465 e. The molecule has 10 heteroatoms. The van der Waals surface area contributed by atoms with Crippen LogP contribution in [0.4, 0.5) is 25.0 Å². The van der Waals surface area contributed by atoms with Crippen LogP contribution in [0.2, 0.25) is 0 Å². The zero-order chi connectivity index (χ0) is 18.8. The van der Waals surface area contributed by atoms with Crippen LogP contribution in [0.5, 0.6) is 0 Å². The molecule has 1 aliphatic heterocycles. The third kappa shape index (κ3) is 3.84. The summed E-state index contributed by atoms with van der Waals surface area (Å²) in [6.07, 6.45) is 1.02. The molecule has 7 nitrogen and oxygen atoms in total. The number of rotatable bonds is 4.